The first-order chi connectivity index (χ1) is 13.7. The number of fused-ring (bicyclic) bond motifs is 2. The van der Waals surface area contributed by atoms with Crippen LogP contribution in [0.2, 0.25) is 0 Å². The third kappa shape index (κ3) is 3.97. The van der Waals surface area contributed by atoms with E-state index in [-0.39, 0.29) is 30.7 Å². The van der Waals surface area contributed by atoms with Crippen LogP contribution in [0.3, 0.4) is 0 Å². The summed E-state index contributed by atoms with van der Waals surface area (Å²) in [5.74, 6) is 2.08. The number of halogens is 2. The molecule has 0 saturated carbocycles. The molecule has 3 heterocycles. The summed E-state index contributed by atoms with van der Waals surface area (Å²) in [5, 5.41) is 4.35. The normalized spacial score (nSPS) is 19.7. The van der Waals surface area contributed by atoms with Crippen molar-refractivity contribution in [3.8, 4) is 17.0 Å². The number of nitrogens with zero attached hydrogens (tertiary/aromatic N) is 2. The van der Waals surface area contributed by atoms with Crippen LogP contribution in [0.25, 0.3) is 22.2 Å². The lowest BCUT2D eigenvalue weighted by Crippen LogP contribution is -2.32. The largest absolute Gasteiger partial charge is 0.497 e. The van der Waals surface area contributed by atoms with Crippen molar-refractivity contribution in [2.75, 3.05) is 33.3 Å². The predicted molar refractivity (Wildman–Crippen MR) is 124 cm³/mol. The molecule has 2 saturated heterocycles. The summed E-state index contributed by atoms with van der Waals surface area (Å²) in [6.07, 6.45) is 0. The number of hydrogen-bond donors (Lipinski definition) is 1. The minimum atomic E-state index is 0. The lowest BCUT2D eigenvalue weighted by atomic mass is 10.0. The molecule has 5 rings (SSSR count). The van der Waals surface area contributed by atoms with Gasteiger partial charge in [-0.2, -0.15) is 0 Å². The standard InChI is InChI=1S/C23H23N3O2.2ClH/c1-28-18-8-6-15(7-9-18)22-10-20(19-4-2-3-5-21(19)25-22)23(27)26-13-16-11-24-12-17(16)14-26;;/h2-10,16-17,24H,11-14H2,1H3;2*1H/t16-,17+;;. The maximum absolute atomic E-state index is 13.4. The Morgan fingerprint density at radius 3 is 2.37 bits per heavy atom. The fourth-order valence-electron chi connectivity index (χ4n) is 4.45. The molecule has 2 aliphatic heterocycles. The van der Waals surface area contributed by atoms with Crippen molar-refractivity contribution in [2.45, 2.75) is 0 Å². The lowest BCUT2D eigenvalue weighted by molar-refractivity contribution is 0.0783. The number of rotatable bonds is 3. The van der Waals surface area contributed by atoms with E-state index in [1.54, 1.807) is 7.11 Å². The fraction of sp³-hybridized carbons (Fsp3) is 0.304. The molecule has 3 aromatic rings. The summed E-state index contributed by atoms with van der Waals surface area (Å²) in [4.78, 5) is 20.3. The Labute approximate surface area is 188 Å². The van der Waals surface area contributed by atoms with Gasteiger partial charge in [-0.05, 0) is 48.2 Å². The zero-order valence-electron chi connectivity index (χ0n) is 16.7. The number of likely N-dealkylation sites (tertiary alicyclic amines) is 1. The van der Waals surface area contributed by atoms with Gasteiger partial charge in [0.1, 0.15) is 5.75 Å². The molecule has 0 aliphatic carbocycles. The molecule has 2 aromatic carbocycles. The molecule has 2 aliphatic rings. The zero-order chi connectivity index (χ0) is 19.1. The number of hydrogen-bond acceptors (Lipinski definition) is 4. The molecule has 30 heavy (non-hydrogen) atoms. The highest BCUT2D eigenvalue weighted by molar-refractivity contribution is 6.07. The van der Waals surface area contributed by atoms with E-state index in [0.717, 1.165) is 59.7 Å². The van der Waals surface area contributed by atoms with Crippen molar-refractivity contribution in [3.05, 3.63) is 60.2 Å². The zero-order valence-corrected chi connectivity index (χ0v) is 18.3. The van der Waals surface area contributed by atoms with Gasteiger partial charge >= 0.3 is 0 Å². The van der Waals surface area contributed by atoms with Gasteiger partial charge in [0.2, 0.25) is 0 Å². The molecule has 2 fully saturated rings. The Bertz CT molecular complexity index is 1030. The quantitative estimate of drug-likeness (QED) is 0.660. The van der Waals surface area contributed by atoms with Crippen LogP contribution in [0.1, 0.15) is 10.4 Å². The Morgan fingerprint density at radius 1 is 1.03 bits per heavy atom. The van der Waals surface area contributed by atoms with Crippen LogP contribution >= 0.6 is 24.8 Å². The minimum absolute atomic E-state index is 0. The molecule has 1 amide bonds. The third-order valence-corrected chi connectivity index (χ3v) is 6.01. The summed E-state index contributed by atoms with van der Waals surface area (Å²) in [7, 11) is 1.65. The van der Waals surface area contributed by atoms with E-state index in [2.05, 4.69) is 5.32 Å². The van der Waals surface area contributed by atoms with Crippen molar-refractivity contribution >= 4 is 41.6 Å². The van der Waals surface area contributed by atoms with Crippen molar-refractivity contribution < 1.29 is 9.53 Å². The number of methoxy groups -OCH3 is 1. The van der Waals surface area contributed by atoms with Crippen LogP contribution in [-0.2, 0) is 0 Å². The molecule has 0 unspecified atom stereocenters. The number of nitrogens with one attached hydrogen (secondary N) is 1. The van der Waals surface area contributed by atoms with E-state index in [4.69, 9.17) is 9.72 Å². The number of amides is 1. The lowest BCUT2D eigenvalue weighted by Gasteiger charge is -2.19. The van der Waals surface area contributed by atoms with Gasteiger partial charge in [-0.25, -0.2) is 4.98 Å². The van der Waals surface area contributed by atoms with E-state index < -0.39 is 0 Å². The number of pyridine rings is 1. The average molecular weight is 446 g/mol. The van der Waals surface area contributed by atoms with Gasteiger partial charge in [0.05, 0.1) is 23.9 Å². The summed E-state index contributed by atoms with van der Waals surface area (Å²) >= 11 is 0. The summed E-state index contributed by atoms with van der Waals surface area (Å²) in [6, 6.07) is 17.6. The Morgan fingerprint density at radius 2 is 1.70 bits per heavy atom. The van der Waals surface area contributed by atoms with Crippen LogP contribution in [0.15, 0.2) is 54.6 Å². The highest BCUT2D eigenvalue weighted by atomic mass is 35.5. The predicted octanol–water partition coefficient (Wildman–Crippen LogP) is 4.05. The van der Waals surface area contributed by atoms with Crippen LogP contribution in [0, 0.1) is 11.8 Å². The first-order valence-corrected chi connectivity index (χ1v) is 9.77. The molecule has 0 spiro atoms. The van der Waals surface area contributed by atoms with Crippen LogP contribution in [0.4, 0.5) is 0 Å². The van der Waals surface area contributed by atoms with Gasteiger partial charge in [-0.1, -0.05) is 18.2 Å². The molecule has 0 radical (unpaired) electrons. The summed E-state index contributed by atoms with van der Waals surface area (Å²) in [6.45, 7) is 3.71. The van der Waals surface area contributed by atoms with E-state index in [9.17, 15) is 4.79 Å². The molecule has 2 atom stereocenters. The molecule has 7 heteroatoms. The Hall–Kier alpha value is -2.34. The molecular formula is C23H25Cl2N3O2. The van der Waals surface area contributed by atoms with E-state index >= 15 is 0 Å². The summed E-state index contributed by atoms with van der Waals surface area (Å²) < 4.78 is 5.25. The van der Waals surface area contributed by atoms with Gasteiger partial charge in [-0.15, -0.1) is 24.8 Å². The van der Waals surface area contributed by atoms with E-state index in [0.29, 0.717) is 11.8 Å². The van der Waals surface area contributed by atoms with Crippen LogP contribution < -0.4 is 10.1 Å². The Balaban J connectivity index is 0.00000128. The number of ether oxygens (including phenoxy) is 1. The SMILES string of the molecule is COc1ccc(-c2cc(C(=O)N3C[C@H]4CNC[C@H]4C3)c3ccccc3n2)cc1.Cl.Cl. The molecule has 1 N–H and O–H groups in total. The number of para-hydroxylation sites is 1. The third-order valence-electron chi connectivity index (χ3n) is 6.01. The number of carbonyl (C=O) groups excluding carboxylic acids is 1. The molecule has 1 aromatic heterocycles. The number of carbonyl (C=O) groups is 1. The maximum Gasteiger partial charge on any atom is 0.254 e. The monoisotopic (exact) mass is 445 g/mol. The molecular weight excluding hydrogens is 421 g/mol. The van der Waals surface area contributed by atoms with E-state index in [1.807, 2.05) is 59.5 Å². The summed E-state index contributed by atoms with van der Waals surface area (Å²) in [5.41, 5.74) is 3.37. The van der Waals surface area contributed by atoms with Gasteiger partial charge in [0.15, 0.2) is 0 Å². The van der Waals surface area contributed by atoms with Gasteiger partial charge in [-0.3, -0.25) is 4.79 Å². The number of aromatic nitrogens is 1. The van der Waals surface area contributed by atoms with Gasteiger partial charge < -0.3 is 15.0 Å². The van der Waals surface area contributed by atoms with Gasteiger partial charge in [0, 0.05) is 37.1 Å². The minimum Gasteiger partial charge on any atom is -0.497 e. The fourth-order valence-corrected chi connectivity index (χ4v) is 4.45. The van der Waals surface area contributed by atoms with E-state index in [1.165, 1.54) is 0 Å². The topological polar surface area (TPSA) is 54.5 Å². The van der Waals surface area contributed by atoms with Crippen LogP contribution in [-0.4, -0.2) is 49.1 Å². The van der Waals surface area contributed by atoms with Crippen molar-refractivity contribution in [1.82, 2.24) is 15.2 Å². The highest BCUT2D eigenvalue weighted by Crippen LogP contribution is 2.31. The Kier molecular flexibility index (Phi) is 6.86. The highest BCUT2D eigenvalue weighted by Gasteiger charge is 2.38. The average Bonchev–Trinajstić information content (AvgIpc) is 3.35. The second-order valence-electron chi connectivity index (χ2n) is 7.69. The second kappa shape index (κ2) is 9.21. The first-order valence-electron chi connectivity index (χ1n) is 9.77. The van der Waals surface area contributed by atoms with Crippen LogP contribution in [0.5, 0.6) is 5.75 Å². The maximum atomic E-state index is 13.4. The van der Waals surface area contributed by atoms with Gasteiger partial charge in [0.25, 0.3) is 5.91 Å². The van der Waals surface area contributed by atoms with Crippen molar-refractivity contribution in [1.29, 1.82) is 0 Å². The molecule has 0 bridgehead atoms. The second-order valence-corrected chi connectivity index (χ2v) is 7.69. The van der Waals surface area contributed by atoms with Crippen molar-refractivity contribution in [3.63, 3.8) is 0 Å². The number of benzene rings is 2. The smallest absolute Gasteiger partial charge is 0.254 e. The first kappa shape index (κ1) is 22.3. The molecule has 158 valence electrons. The molecule has 5 nitrogen and oxygen atoms in total. The van der Waals surface area contributed by atoms with Crippen molar-refractivity contribution in [2.24, 2.45) is 11.8 Å².